The van der Waals surface area contributed by atoms with E-state index in [1.807, 2.05) is 11.5 Å². The molecule has 1 aromatic heterocycles. The van der Waals surface area contributed by atoms with Crippen molar-refractivity contribution in [3.8, 4) is 0 Å². The third kappa shape index (κ3) is 1.58. The topological polar surface area (TPSA) is 53.1 Å². The molecule has 1 saturated heterocycles. The molecule has 1 aliphatic heterocycles. The first kappa shape index (κ1) is 11.7. The first-order valence-electron chi connectivity index (χ1n) is 5.72. The predicted molar refractivity (Wildman–Crippen MR) is 68.2 cm³/mol. The van der Waals surface area contributed by atoms with Crippen LogP contribution in [-0.2, 0) is 10.3 Å². The van der Waals surface area contributed by atoms with Gasteiger partial charge in [-0.15, -0.1) is 0 Å². The van der Waals surface area contributed by atoms with Gasteiger partial charge in [-0.2, -0.15) is 0 Å². The molecule has 1 unspecified atom stereocenters. The highest BCUT2D eigenvalue weighted by Gasteiger charge is 2.34. The van der Waals surface area contributed by atoms with Crippen LogP contribution in [0, 0.1) is 5.82 Å². The predicted octanol–water partition coefficient (Wildman–Crippen LogP) is 2.55. The van der Waals surface area contributed by atoms with Crippen LogP contribution in [0.1, 0.15) is 13.3 Å². The van der Waals surface area contributed by atoms with Gasteiger partial charge < -0.3 is 15.0 Å². The lowest BCUT2D eigenvalue weighted by Crippen LogP contribution is -2.31. The van der Waals surface area contributed by atoms with Gasteiger partial charge in [0, 0.05) is 12.7 Å². The second-order valence-corrected chi connectivity index (χ2v) is 5.27. The summed E-state index contributed by atoms with van der Waals surface area (Å²) in [6, 6.07) is 2.88. The number of hydrogen-bond donors (Lipinski definition) is 1. The summed E-state index contributed by atoms with van der Waals surface area (Å²) in [5.41, 5.74) is 6.93. The van der Waals surface area contributed by atoms with Gasteiger partial charge in [0.15, 0.2) is 0 Å². The molecule has 0 bridgehead atoms. The molecule has 0 radical (unpaired) electrons. The largest absolute Gasteiger partial charge is 0.379 e. The summed E-state index contributed by atoms with van der Waals surface area (Å²) in [7, 11) is 0. The van der Waals surface area contributed by atoms with E-state index in [0.717, 1.165) is 6.42 Å². The Hall–Kier alpha value is -1.33. The zero-order valence-electron chi connectivity index (χ0n) is 9.91. The number of anilines is 1. The fourth-order valence-corrected chi connectivity index (χ4v) is 2.65. The number of imidazole rings is 1. The zero-order chi connectivity index (χ0) is 12.9. The van der Waals surface area contributed by atoms with Crippen molar-refractivity contribution < 1.29 is 9.13 Å². The van der Waals surface area contributed by atoms with Crippen LogP contribution in [0.5, 0.6) is 0 Å². The summed E-state index contributed by atoms with van der Waals surface area (Å²) in [4.78, 5) is 4.24. The van der Waals surface area contributed by atoms with Crippen LogP contribution in [0.2, 0.25) is 5.02 Å². The van der Waals surface area contributed by atoms with Crippen molar-refractivity contribution in [2.45, 2.75) is 18.9 Å². The highest BCUT2D eigenvalue weighted by Crippen LogP contribution is 2.34. The van der Waals surface area contributed by atoms with Crippen LogP contribution in [0.25, 0.3) is 11.0 Å². The molecule has 0 aliphatic carbocycles. The number of aromatic nitrogens is 2. The van der Waals surface area contributed by atoms with Crippen LogP contribution >= 0.6 is 11.6 Å². The molecule has 2 aromatic rings. The van der Waals surface area contributed by atoms with E-state index in [1.54, 1.807) is 0 Å². The Labute approximate surface area is 108 Å². The van der Waals surface area contributed by atoms with Crippen LogP contribution in [0.15, 0.2) is 12.1 Å². The van der Waals surface area contributed by atoms with Gasteiger partial charge in [0.25, 0.3) is 0 Å². The minimum atomic E-state index is -0.465. The Morgan fingerprint density at radius 1 is 1.56 bits per heavy atom. The van der Waals surface area contributed by atoms with Crippen molar-refractivity contribution in [3.05, 3.63) is 23.0 Å². The monoisotopic (exact) mass is 269 g/mol. The number of rotatable bonds is 1. The number of nitrogens with zero attached hydrogens (tertiary/aromatic N) is 2. The Balaban J connectivity index is 2.28. The van der Waals surface area contributed by atoms with E-state index >= 15 is 0 Å². The maximum Gasteiger partial charge on any atom is 0.201 e. The summed E-state index contributed by atoms with van der Waals surface area (Å²) in [6.45, 7) is 3.25. The minimum absolute atomic E-state index is 0.0555. The first-order valence-corrected chi connectivity index (χ1v) is 6.10. The lowest BCUT2D eigenvalue weighted by molar-refractivity contribution is 0.164. The Morgan fingerprint density at radius 2 is 2.33 bits per heavy atom. The second kappa shape index (κ2) is 3.83. The summed E-state index contributed by atoms with van der Waals surface area (Å²) in [6.07, 6.45) is 0.826. The molecule has 1 aromatic carbocycles. The molecule has 2 N–H and O–H groups in total. The molecule has 96 valence electrons. The third-order valence-electron chi connectivity index (χ3n) is 3.46. The number of benzene rings is 1. The summed E-state index contributed by atoms with van der Waals surface area (Å²) in [5.74, 6) is -0.104. The van der Waals surface area contributed by atoms with E-state index in [0.29, 0.717) is 30.2 Å². The van der Waals surface area contributed by atoms with E-state index < -0.39 is 5.82 Å². The molecule has 6 heteroatoms. The smallest absolute Gasteiger partial charge is 0.201 e. The molecule has 4 nitrogen and oxygen atoms in total. The molecule has 3 rings (SSSR count). The lowest BCUT2D eigenvalue weighted by atomic mass is 10.0. The number of ether oxygens (including phenoxy) is 1. The van der Waals surface area contributed by atoms with Gasteiger partial charge >= 0.3 is 0 Å². The van der Waals surface area contributed by atoms with Crippen molar-refractivity contribution in [1.82, 2.24) is 9.55 Å². The van der Waals surface area contributed by atoms with Crippen molar-refractivity contribution in [3.63, 3.8) is 0 Å². The van der Waals surface area contributed by atoms with Gasteiger partial charge in [-0.05, 0) is 19.4 Å². The summed E-state index contributed by atoms with van der Waals surface area (Å²) >= 11 is 5.75. The Bertz CT molecular complexity index is 619. The number of nitrogen functional groups attached to an aromatic ring is 1. The number of hydrogen-bond acceptors (Lipinski definition) is 3. The third-order valence-corrected chi connectivity index (χ3v) is 3.75. The average Bonchev–Trinajstić information content (AvgIpc) is 2.84. The van der Waals surface area contributed by atoms with E-state index in [9.17, 15) is 4.39 Å². The van der Waals surface area contributed by atoms with E-state index in [-0.39, 0.29) is 10.6 Å². The Morgan fingerprint density at radius 3 is 3.00 bits per heavy atom. The highest BCUT2D eigenvalue weighted by molar-refractivity contribution is 6.31. The maximum atomic E-state index is 13.6. The number of nitrogens with two attached hydrogens (primary N) is 1. The molecule has 2 heterocycles. The minimum Gasteiger partial charge on any atom is -0.379 e. The normalized spacial score (nSPS) is 23.9. The van der Waals surface area contributed by atoms with E-state index in [2.05, 4.69) is 4.98 Å². The SMILES string of the molecule is CC1(n2c(N)nc3cc(Cl)c(F)cc32)CCOC1. The molecular formula is C12H13ClFN3O. The van der Waals surface area contributed by atoms with Crippen LogP contribution in [0.3, 0.4) is 0 Å². The fraction of sp³-hybridized carbons (Fsp3) is 0.417. The standard InChI is InChI=1S/C12H13ClFN3O/c1-12(2-3-18-6-12)17-10-5-8(14)7(13)4-9(10)16-11(17)15/h4-5H,2-3,6H2,1H3,(H2,15,16). The number of halogens is 2. The van der Waals surface area contributed by atoms with Crippen LogP contribution in [-0.4, -0.2) is 22.8 Å². The zero-order valence-corrected chi connectivity index (χ0v) is 10.7. The van der Waals surface area contributed by atoms with E-state index in [4.69, 9.17) is 22.1 Å². The molecule has 1 aliphatic rings. The quantitative estimate of drug-likeness (QED) is 0.866. The second-order valence-electron chi connectivity index (χ2n) is 4.86. The molecule has 1 fully saturated rings. The van der Waals surface area contributed by atoms with Gasteiger partial charge in [0.1, 0.15) is 5.82 Å². The molecule has 1 atom stereocenters. The summed E-state index contributed by atoms with van der Waals surface area (Å²) in [5, 5.41) is 0.0555. The van der Waals surface area contributed by atoms with Crippen LogP contribution in [0.4, 0.5) is 10.3 Å². The van der Waals surface area contributed by atoms with E-state index in [1.165, 1.54) is 12.1 Å². The Kier molecular flexibility index (Phi) is 2.50. The molecule has 0 amide bonds. The van der Waals surface area contributed by atoms with Crippen molar-refractivity contribution in [2.75, 3.05) is 18.9 Å². The summed E-state index contributed by atoms with van der Waals surface area (Å²) < 4.78 is 20.9. The van der Waals surface area contributed by atoms with Crippen LogP contribution < -0.4 is 5.73 Å². The van der Waals surface area contributed by atoms with Crippen molar-refractivity contribution in [1.29, 1.82) is 0 Å². The van der Waals surface area contributed by atoms with Gasteiger partial charge in [-0.1, -0.05) is 11.6 Å². The molecule has 0 saturated carbocycles. The van der Waals surface area contributed by atoms with Gasteiger partial charge in [0.05, 0.1) is 28.2 Å². The molecular weight excluding hydrogens is 257 g/mol. The van der Waals surface area contributed by atoms with Crippen molar-refractivity contribution >= 4 is 28.6 Å². The fourth-order valence-electron chi connectivity index (χ4n) is 2.49. The van der Waals surface area contributed by atoms with Gasteiger partial charge in [0.2, 0.25) is 5.95 Å². The molecule has 0 spiro atoms. The molecule has 18 heavy (non-hydrogen) atoms. The average molecular weight is 270 g/mol. The first-order chi connectivity index (χ1) is 8.51. The number of fused-ring (bicyclic) bond motifs is 1. The van der Waals surface area contributed by atoms with Gasteiger partial charge in [-0.25, -0.2) is 9.37 Å². The van der Waals surface area contributed by atoms with Gasteiger partial charge in [-0.3, -0.25) is 0 Å². The van der Waals surface area contributed by atoms with Crippen molar-refractivity contribution in [2.24, 2.45) is 0 Å². The maximum absolute atomic E-state index is 13.6. The lowest BCUT2D eigenvalue weighted by Gasteiger charge is -2.25. The highest BCUT2D eigenvalue weighted by atomic mass is 35.5.